The predicted octanol–water partition coefficient (Wildman–Crippen LogP) is 3.01. The third-order valence-corrected chi connectivity index (χ3v) is 3.51. The number of anilines is 1. The van der Waals surface area contributed by atoms with Crippen LogP contribution in [-0.2, 0) is 0 Å². The summed E-state index contributed by atoms with van der Waals surface area (Å²) >= 11 is 1.77. The monoisotopic (exact) mass is 208 g/mol. The van der Waals surface area contributed by atoms with Crippen LogP contribution in [0.3, 0.4) is 0 Å². The Morgan fingerprint density at radius 2 is 2.36 bits per heavy atom. The van der Waals surface area contributed by atoms with Gasteiger partial charge in [0.1, 0.15) is 0 Å². The number of nitrogens with zero attached hydrogens (tertiary/aromatic N) is 1. The molecule has 1 atom stereocenters. The molecule has 3 heteroatoms. The molecule has 14 heavy (non-hydrogen) atoms. The third kappa shape index (κ3) is 2.21. The second-order valence-corrected chi connectivity index (χ2v) is 4.69. The van der Waals surface area contributed by atoms with Gasteiger partial charge in [-0.1, -0.05) is 0 Å². The molecule has 0 saturated heterocycles. The number of hydrogen-bond acceptors (Lipinski definition) is 3. The van der Waals surface area contributed by atoms with E-state index in [0.717, 1.165) is 5.92 Å². The summed E-state index contributed by atoms with van der Waals surface area (Å²) in [6.07, 6.45) is 8.62. The number of nitrogens with one attached hydrogen (secondary N) is 1. The zero-order valence-electron chi connectivity index (χ0n) is 8.66. The number of aromatic nitrogens is 1. The number of hydrogen-bond donors (Lipinski definition) is 1. The summed E-state index contributed by atoms with van der Waals surface area (Å²) in [6, 6.07) is 2.65. The van der Waals surface area contributed by atoms with Crippen molar-refractivity contribution in [1.29, 1.82) is 0 Å². The van der Waals surface area contributed by atoms with Crippen LogP contribution in [0.25, 0.3) is 0 Å². The molecule has 1 saturated carbocycles. The summed E-state index contributed by atoms with van der Waals surface area (Å²) in [5, 5.41) is 3.54. The summed E-state index contributed by atoms with van der Waals surface area (Å²) in [5.74, 6) is 0.880. The van der Waals surface area contributed by atoms with Gasteiger partial charge in [-0.15, -0.1) is 11.8 Å². The Labute approximate surface area is 89.5 Å². The molecule has 0 radical (unpaired) electrons. The summed E-state index contributed by atoms with van der Waals surface area (Å²) in [4.78, 5) is 5.43. The van der Waals surface area contributed by atoms with Crippen LogP contribution in [-0.4, -0.2) is 17.3 Å². The lowest BCUT2D eigenvalue weighted by Gasteiger charge is -2.16. The highest BCUT2D eigenvalue weighted by molar-refractivity contribution is 7.98. The van der Waals surface area contributed by atoms with Gasteiger partial charge < -0.3 is 5.32 Å². The molecule has 0 bridgehead atoms. The van der Waals surface area contributed by atoms with Gasteiger partial charge >= 0.3 is 0 Å². The van der Waals surface area contributed by atoms with E-state index < -0.39 is 0 Å². The van der Waals surface area contributed by atoms with Crippen molar-refractivity contribution >= 4 is 17.4 Å². The standard InChI is InChI=1S/C11H16N2S/c1-8(9-3-4-9)13-10-7-12-6-5-11(10)14-2/h5-9,13H,3-4H2,1-2H3. The van der Waals surface area contributed by atoms with E-state index in [0.29, 0.717) is 6.04 Å². The highest BCUT2D eigenvalue weighted by atomic mass is 32.2. The summed E-state index contributed by atoms with van der Waals surface area (Å²) < 4.78 is 0. The molecule has 2 nitrogen and oxygen atoms in total. The molecular formula is C11H16N2S. The lowest BCUT2D eigenvalue weighted by molar-refractivity contribution is 0.691. The van der Waals surface area contributed by atoms with Crippen molar-refractivity contribution < 1.29 is 0 Å². The van der Waals surface area contributed by atoms with Crippen molar-refractivity contribution in [2.24, 2.45) is 5.92 Å². The average molecular weight is 208 g/mol. The smallest absolute Gasteiger partial charge is 0.0666 e. The molecule has 0 spiro atoms. The first kappa shape index (κ1) is 9.84. The van der Waals surface area contributed by atoms with Gasteiger partial charge in [0.25, 0.3) is 0 Å². The van der Waals surface area contributed by atoms with Crippen LogP contribution < -0.4 is 5.32 Å². The highest BCUT2D eigenvalue weighted by Crippen LogP contribution is 2.35. The minimum Gasteiger partial charge on any atom is -0.380 e. The Morgan fingerprint density at radius 3 is 3.00 bits per heavy atom. The van der Waals surface area contributed by atoms with Crippen LogP contribution in [0.2, 0.25) is 0 Å². The van der Waals surface area contributed by atoms with Crippen LogP contribution in [0.4, 0.5) is 5.69 Å². The Kier molecular flexibility index (Phi) is 2.96. The fourth-order valence-electron chi connectivity index (χ4n) is 1.63. The molecule has 2 rings (SSSR count). The van der Waals surface area contributed by atoms with Crippen LogP contribution >= 0.6 is 11.8 Å². The van der Waals surface area contributed by atoms with E-state index in [1.807, 2.05) is 12.4 Å². The maximum atomic E-state index is 4.15. The molecule has 1 aliphatic carbocycles. The fraction of sp³-hybridized carbons (Fsp3) is 0.545. The Hall–Kier alpha value is -0.700. The topological polar surface area (TPSA) is 24.9 Å². The lowest BCUT2D eigenvalue weighted by atomic mass is 10.2. The molecule has 1 unspecified atom stereocenters. The van der Waals surface area contributed by atoms with Gasteiger partial charge in [0.2, 0.25) is 0 Å². The summed E-state index contributed by atoms with van der Waals surface area (Å²) in [7, 11) is 0. The minimum absolute atomic E-state index is 0.588. The number of pyridine rings is 1. The molecule has 1 heterocycles. The first-order valence-electron chi connectivity index (χ1n) is 5.06. The van der Waals surface area contributed by atoms with E-state index in [4.69, 9.17) is 0 Å². The molecule has 1 aromatic rings. The molecule has 0 aliphatic heterocycles. The van der Waals surface area contributed by atoms with E-state index >= 15 is 0 Å². The quantitative estimate of drug-likeness (QED) is 0.770. The van der Waals surface area contributed by atoms with Crippen molar-refractivity contribution in [3.05, 3.63) is 18.5 Å². The van der Waals surface area contributed by atoms with Crippen molar-refractivity contribution in [1.82, 2.24) is 4.98 Å². The van der Waals surface area contributed by atoms with E-state index in [1.165, 1.54) is 23.4 Å². The molecule has 1 aromatic heterocycles. The van der Waals surface area contributed by atoms with Gasteiger partial charge in [-0.2, -0.15) is 0 Å². The Balaban J connectivity index is 2.06. The summed E-state index contributed by atoms with van der Waals surface area (Å²) in [6.45, 7) is 2.26. The summed E-state index contributed by atoms with van der Waals surface area (Å²) in [5.41, 5.74) is 1.18. The second-order valence-electron chi connectivity index (χ2n) is 3.85. The molecule has 0 amide bonds. The molecular weight excluding hydrogens is 192 g/mol. The first-order valence-corrected chi connectivity index (χ1v) is 6.28. The van der Waals surface area contributed by atoms with Crippen LogP contribution in [0, 0.1) is 5.92 Å². The van der Waals surface area contributed by atoms with E-state index in [9.17, 15) is 0 Å². The second kappa shape index (κ2) is 4.22. The van der Waals surface area contributed by atoms with Crippen molar-refractivity contribution in [3.63, 3.8) is 0 Å². The zero-order chi connectivity index (χ0) is 9.97. The average Bonchev–Trinajstić information content (AvgIpc) is 3.02. The molecule has 1 fully saturated rings. The van der Waals surface area contributed by atoms with Crippen LogP contribution in [0.15, 0.2) is 23.4 Å². The minimum atomic E-state index is 0.588. The maximum Gasteiger partial charge on any atom is 0.0666 e. The van der Waals surface area contributed by atoms with Gasteiger partial charge in [-0.25, -0.2) is 0 Å². The van der Waals surface area contributed by atoms with Gasteiger partial charge in [0.15, 0.2) is 0 Å². The predicted molar refractivity (Wildman–Crippen MR) is 61.8 cm³/mol. The van der Waals surface area contributed by atoms with Crippen molar-refractivity contribution in [2.75, 3.05) is 11.6 Å². The Morgan fingerprint density at radius 1 is 1.57 bits per heavy atom. The Bertz CT molecular complexity index is 310. The molecule has 1 aliphatic rings. The van der Waals surface area contributed by atoms with Gasteiger partial charge in [0, 0.05) is 17.1 Å². The van der Waals surface area contributed by atoms with Crippen LogP contribution in [0.1, 0.15) is 19.8 Å². The SMILES string of the molecule is CSc1ccncc1NC(C)C1CC1. The molecule has 76 valence electrons. The van der Waals surface area contributed by atoms with Crippen molar-refractivity contribution in [3.8, 4) is 0 Å². The highest BCUT2D eigenvalue weighted by Gasteiger charge is 2.28. The van der Waals surface area contributed by atoms with E-state index in [-0.39, 0.29) is 0 Å². The third-order valence-electron chi connectivity index (χ3n) is 2.71. The molecule has 0 aromatic carbocycles. The first-order chi connectivity index (χ1) is 6.81. The number of rotatable bonds is 4. The normalized spacial score (nSPS) is 17.9. The van der Waals surface area contributed by atoms with E-state index in [1.54, 1.807) is 11.8 Å². The molecule has 1 N–H and O–H groups in total. The van der Waals surface area contributed by atoms with Gasteiger partial charge in [-0.05, 0) is 38.0 Å². The van der Waals surface area contributed by atoms with Crippen molar-refractivity contribution in [2.45, 2.75) is 30.7 Å². The largest absolute Gasteiger partial charge is 0.380 e. The van der Waals surface area contributed by atoms with Gasteiger partial charge in [-0.3, -0.25) is 4.98 Å². The number of thioether (sulfide) groups is 1. The fourth-order valence-corrected chi connectivity index (χ4v) is 2.16. The van der Waals surface area contributed by atoms with Gasteiger partial charge in [0.05, 0.1) is 11.9 Å². The maximum absolute atomic E-state index is 4.15. The lowest BCUT2D eigenvalue weighted by Crippen LogP contribution is -2.17. The van der Waals surface area contributed by atoms with E-state index in [2.05, 4.69) is 29.5 Å². The zero-order valence-corrected chi connectivity index (χ0v) is 9.47. The van der Waals surface area contributed by atoms with Crippen LogP contribution in [0.5, 0.6) is 0 Å².